The fraction of sp³-hybridized carbons (Fsp3) is 0.360. The van der Waals surface area contributed by atoms with E-state index in [9.17, 15) is 23.9 Å². The highest BCUT2D eigenvalue weighted by atomic mass is 35.5. The molecule has 2 aromatic carbocycles. The Balaban J connectivity index is 1.50. The molecule has 5 rings (SSSR count). The number of benzene rings is 2. The van der Waals surface area contributed by atoms with E-state index in [-0.39, 0.29) is 63.8 Å². The summed E-state index contributed by atoms with van der Waals surface area (Å²) in [5.74, 6) is -0.538. The molecule has 38 heavy (non-hydrogen) atoms. The van der Waals surface area contributed by atoms with E-state index < -0.39 is 29.6 Å². The van der Waals surface area contributed by atoms with Gasteiger partial charge in [-0.2, -0.15) is 0 Å². The number of halogens is 2. The summed E-state index contributed by atoms with van der Waals surface area (Å²) >= 11 is 7.59. The van der Waals surface area contributed by atoms with Crippen molar-refractivity contribution in [2.45, 2.75) is 32.4 Å². The van der Waals surface area contributed by atoms with Gasteiger partial charge >= 0.3 is 12.2 Å². The quantitative estimate of drug-likeness (QED) is 0.435. The number of carbonyl (C=O) groups is 3. The molecule has 200 valence electrons. The Kier molecular flexibility index (Phi) is 6.56. The topological polar surface area (TPSA) is 121 Å². The van der Waals surface area contributed by atoms with Crippen molar-refractivity contribution >= 4 is 56.4 Å². The minimum atomic E-state index is -1.05. The van der Waals surface area contributed by atoms with Gasteiger partial charge in [0.25, 0.3) is 5.91 Å². The molecule has 0 saturated carbocycles. The van der Waals surface area contributed by atoms with Gasteiger partial charge in [0.15, 0.2) is 5.13 Å². The largest absolute Gasteiger partial charge is 0.491 e. The smallest absolute Gasteiger partial charge is 0.413 e. The minimum Gasteiger partial charge on any atom is -0.491 e. The van der Waals surface area contributed by atoms with E-state index in [0.29, 0.717) is 11.1 Å². The average Bonchev–Trinajstić information content (AvgIpc) is 3.20. The highest BCUT2D eigenvalue weighted by Gasteiger charge is 2.37. The third-order valence-corrected chi connectivity index (χ3v) is 7.43. The lowest BCUT2D eigenvalue weighted by Crippen LogP contribution is -2.57. The summed E-state index contributed by atoms with van der Waals surface area (Å²) in [6.07, 6.45) is -1.76. The molecule has 0 unspecified atom stereocenters. The monoisotopic (exact) mass is 562 g/mol. The number of piperazine rings is 1. The molecule has 3 aromatic rings. The van der Waals surface area contributed by atoms with Crippen molar-refractivity contribution in [2.75, 3.05) is 31.6 Å². The van der Waals surface area contributed by atoms with Gasteiger partial charge in [-0.3, -0.25) is 10.1 Å². The first-order valence-electron chi connectivity index (χ1n) is 11.8. The van der Waals surface area contributed by atoms with Gasteiger partial charge in [-0.05, 0) is 45.0 Å². The second-order valence-corrected chi connectivity index (χ2v) is 11.3. The van der Waals surface area contributed by atoms with Crippen LogP contribution in [0, 0.1) is 5.82 Å². The highest BCUT2D eigenvalue weighted by molar-refractivity contribution is 7.22. The number of thiazole rings is 1. The molecule has 1 saturated heterocycles. The van der Waals surface area contributed by atoms with Crippen molar-refractivity contribution in [1.29, 1.82) is 0 Å². The molecule has 10 nitrogen and oxygen atoms in total. The van der Waals surface area contributed by atoms with Crippen LogP contribution in [0.25, 0.3) is 21.3 Å². The van der Waals surface area contributed by atoms with Gasteiger partial charge in [-0.15, -0.1) is 0 Å². The predicted octanol–water partition coefficient (Wildman–Crippen LogP) is 5.30. The van der Waals surface area contributed by atoms with Gasteiger partial charge in [0.1, 0.15) is 23.8 Å². The summed E-state index contributed by atoms with van der Waals surface area (Å²) in [5, 5.41) is 12.3. The summed E-state index contributed by atoms with van der Waals surface area (Å²) in [7, 11) is 0. The number of ether oxygens (including phenoxy) is 2. The number of carbonyl (C=O) groups excluding carboxylic acids is 2. The van der Waals surface area contributed by atoms with Crippen molar-refractivity contribution in [3.05, 3.63) is 40.7 Å². The zero-order chi connectivity index (χ0) is 27.4. The van der Waals surface area contributed by atoms with Crippen LogP contribution in [-0.4, -0.2) is 75.9 Å². The molecule has 3 heterocycles. The summed E-state index contributed by atoms with van der Waals surface area (Å²) in [6.45, 7) is 5.86. The lowest BCUT2D eigenvalue weighted by atomic mass is 10.0. The Labute approximate surface area is 225 Å². The van der Waals surface area contributed by atoms with E-state index in [1.54, 1.807) is 31.7 Å². The van der Waals surface area contributed by atoms with Crippen molar-refractivity contribution in [3.63, 3.8) is 0 Å². The van der Waals surface area contributed by atoms with Crippen LogP contribution in [0.3, 0.4) is 0 Å². The van der Waals surface area contributed by atoms with Gasteiger partial charge in [0.05, 0.1) is 21.8 Å². The van der Waals surface area contributed by atoms with Gasteiger partial charge < -0.3 is 24.4 Å². The Morgan fingerprint density at radius 2 is 2.00 bits per heavy atom. The molecule has 0 aliphatic carbocycles. The van der Waals surface area contributed by atoms with E-state index in [2.05, 4.69) is 10.3 Å². The summed E-state index contributed by atoms with van der Waals surface area (Å²) < 4.78 is 26.2. The number of carboxylic acid groups (broad SMARTS) is 1. The molecule has 13 heteroatoms. The van der Waals surface area contributed by atoms with Crippen molar-refractivity contribution in [2.24, 2.45) is 0 Å². The number of fused-ring (bicyclic) bond motifs is 3. The van der Waals surface area contributed by atoms with E-state index in [1.165, 1.54) is 23.1 Å². The van der Waals surface area contributed by atoms with Crippen molar-refractivity contribution < 1.29 is 33.4 Å². The molecule has 0 spiro atoms. The lowest BCUT2D eigenvalue weighted by molar-refractivity contribution is 0.0390. The van der Waals surface area contributed by atoms with E-state index in [0.717, 1.165) is 11.3 Å². The van der Waals surface area contributed by atoms with Crippen LogP contribution in [0.2, 0.25) is 5.02 Å². The summed E-state index contributed by atoms with van der Waals surface area (Å²) in [5.41, 5.74) is 0.762. The third kappa shape index (κ3) is 4.93. The van der Waals surface area contributed by atoms with Crippen LogP contribution < -0.4 is 10.1 Å². The second-order valence-electron chi connectivity index (χ2n) is 9.94. The molecule has 2 aliphatic rings. The predicted molar refractivity (Wildman–Crippen MR) is 140 cm³/mol. The molecule has 0 radical (unpaired) electrons. The van der Waals surface area contributed by atoms with Crippen LogP contribution in [0.1, 0.15) is 31.1 Å². The molecule has 0 bridgehead atoms. The van der Waals surface area contributed by atoms with Gasteiger partial charge in [0.2, 0.25) is 0 Å². The fourth-order valence-electron chi connectivity index (χ4n) is 4.46. The maximum atomic E-state index is 14.7. The van der Waals surface area contributed by atoms with E-state index in [4.69, 9.17) is 21.1 Å². The number of rotatable bonds is 2. The van der Waals surface area contributed by atoms with Gasteiger partial charge in [-0.1, -0.05) is 22.9 Å². The maximum absolute atomic E-state index is 14.7. The Hall–Kier alpha value is -3.64. The number of nitrogens with zero attached hydrogens (tertiary/aromatic N) is 3. The first kappa shape index (κ1) is 26.0. The molecule has 3 amide bonds. The minimum absolute atomic E-state index is 0.100. The lowest BCUT2D eigenvalue weighted by Gasteiger charge is -2.38. The summed E-state index contributed by atoms with van der Waals surface area (Å²) in [6, 6.07) is 5.47. The first-order valence-corrected chi connectivity index (χ1v) is 13.0. The van der Waals surface area contributed by atoms with Crippen LogP contribution in [-0.2, 0) is 4.74 Å². The van der Waals surface area contributed by atoms with Crippen LogP contribution in [0.4, 0.5) is 19.1 Å². The maximum Gasteiger partial charge on any atom is 0.413 e. The van der Waals surface area contributed by atoms with Crippen LogP contribution in [0.5, 0.6) is 5.75 Å². The Morgan fingerprint density at radius 1 is 1.24 bits per heavy atom. The van der Waals surface area contributed by atoms with Crippen molar-refractivity contribution in [1.82, 2.24) is 14.8 Å². The number of hydrogen-bond acceptors (Lipinski definition) is 7. The highest BCUT2D eigenvalue weighted by Crippen LogP contribution is 2.41. The molecule has 1 fully saturated rings. The van der Waals surface area contributed by atoms with Gasteiger partial charge in [0, 0.05) is 35.8 Å². The van der Waals surface area contributed by atoms with E-state index >= 15 is 0 Å². The Bertz CT molecular complexity index is 1470. The molecule has 2 aliphatic heterocycles. The third-order valence-electron chi connectivity index (χ3n) is 6.14. The molecule has 1 aromatic heterocycles. The molecule has 2 N–H and O–H groups in total. The number of hydrogen-bond donors (Lipinski definition) is 2. The number of amides is 3. The fourth-order valence-corrected chi connectivity index (χ4v) is 5.61. The van der Waals surface area contributed by atoms with Crippen LogP contribution in [0.15, 0.2) is 24.3 Å². The van der Waals surface area contributed by atoms with Crippen LogP contribution >= 0.6 is 22.9 Å². The Morgan fingerprint density at radius 3 is 2.71 bits per heavy atom. The number of nitrogens with one attached hydrogen (secondary N) is 1. The van der Waals surface area contributed by atoms with Crippen molar-refractivity contribution in [3.8, 4) is 16.9 Å². The number of aromatic nitrogens is 1. The number of anilines is 1. The normalized spacial score (nSPS) is 17.4. The first-order chi connectivity index (χ1) is 17.9. The SMILES string of the molecule is CC(C)(C)OC(=O)Nc1nc2c(-c3cc4c(cc3Cl)C(=O)N3CCN(C(=O)O)C[C@@H]3CO4)ccc(F)c2s1. The average molecular weight is 563 g/mol. The summed E-state index contributed by atoms with van der Waals surface area (Å²) in [4.78, 5) is 44.2. The standard InChI is InChI=1S/C25H24ClFN4O6S/c1-25(2,3)37-23(33)29-22-28-19-13(4-5-17(27)20(19)38-22)14-9-18-15(8-16(14)26)21(32)31-7-6-30(24(34)35)10-12(31)11-36-18/h4-5,8-9,12H,6-7,10-11H2,1-3H3,(H,34,35)(H,28,29,33)/t12-/m1/s1. The second kappa shape index (κ2) is 9.59. The molecular weight excluding hydrogens is 539 g/mol. The van der Waals surface area contributed by atoms with E-state index in [1.807, 2.05) is 0 Å². The molecule has 1 atom stereocenters. The zero-order valence-electron chi connectivity index (χ0n) is 20.7. The zero-order valence-corrected chi connectivity index (χ0v) is 22.3. The van der Waals surface area contributed by atoms with Gasteiger partial charge in [-0.25, -0.2) is 19.0 Å². The molecular formula is C25H24ClFN4O6S.